The quantitative estimate of drug-likeness (QED) is 0.349. The molecule has 0 atom stereocenters. The Morgan fingerprint density at radius 3 is 1.77 bits per heavy atom. The molecule has 0 fully saturated rings. The van der Waals surface area contributed by atoms with E-state index in [9.17, 15) is 0 Å². The van der Waals surface area contributed by atoms with Crippen molar-refractivity contribution in [2.75, 3.05) is 0 Å². The van der Waals surface area contributed by atoms with Gasteiger partial charge in [-0.3, -0.25) is 0 Å². The van der Waals surface area contributed by atoms with E-state index in [1.807, 2.05) is 30.3 Å². The van der Waals surface area contributed by atoms with Crippen molar-refractivity contribution in [2.45, 2.75) is 0 Å². The van der Waals surface area contributed by atoms with Crippen LogP contribution >= 0.6 is 34.2 Å². The molecule has 3 heterocycles. The van der Waals surface area contributed by atoms with Crippen LogP contribution in [0.5, 0.6) is 5.75 Å². The first-order valence-electron chi connectivity index (χ1n) is 7.81. The zero-order chi connectivity index (χ0) is 18.0. The molecule has 130 valence electrons. The topological polar surface area (TPSA) is 46.0 Å². The van der Waals surface area contributed by atoms with Crippen LogP contribution in [-0.4, -0.2) is 14.7 Å². The maximum atomic E-state index is 8.63. The van der Waals surface area contributed by atoms with Crippen molar-refractivity contribution in [1.82, 2.24) is 9.59 Å². The Morgan fingerprint density at radius 2 is 1.27 bits per heavy atom. The van der Waals surface area contributed by atoms with Crippen molar-refractivity contribution in [3.63, 3.8) is 0 Å². The van der Waals surface area contributed by atoms with Crippen molar-refractivity contribution in [1.29, 1.82) is 0 Å². The minimum absolute atomic E-state index is 0.322. The smallest absolute Gasteiger partial charge is 0.115 e. The van der Waals surface area contributed by atoms with E-state index in [1.165, 1.54) is 21.3 Å². The fourth-order valence-corrected chi connectivity index (χ4v) is 4.13. The van der Waals surface area contributed by atoms with Gasteiger partial charge in [0.2, 0.25) is 0 Å². The molecule has 2 aromatic carbocycles. The normalized spacial score (nSPS) is 9.69. The first-order chi connectivity index (χ1) is 12.8. The van der Waals surface area contributed by atoms with E-state index in [2.05, 4.69) is 44.6 Å². The van der Waals surface area contributed by atoms with Crippen LogP contribution in [0.15, 0.2) is 89.6 Å². The van der Waals surface area contributed by atoms with Crippen LogP contribution in [0.3, 0.4) is 0 Å². The highest BCUT2D eigenvalue weighted by Gasteiger charge is 1.96. The number of thiophene rings is 2. The van der Waals surface area contributed by atoms with E-state index < -0.39 is 0 Å². The number of para-hydroxylation sites is 1. The molecule has 0 spiro atoms. The number of phenols is 1. The summed E-state index contributed by atoms with van der Waals surface area (Å²) in [6, 6.07) is 25.1. The Bertz CT molecular complexity index is 932. The number of phenolic OH excluding ortho intramolecular Hbond substituents is 1. The summed E-state index contributed by atoms with van der Waals surface area (Å²) in [5, 5.41) is 16.7. The highest BCUT2D eigenvalue weighted by atomic mass is 32.1. The van der Waals surface area contributed by atoms with Gasteiger partial charge in [-0.1, -0.05) is 47.0 Å². The lowest BCUT2D eigenvalue weighted by molar-refractivity contribution is 0.475. The molecule has 0 unspecified atom stereocenters. The maximum absolute atomic E-state index is 8.63. The number of fused-ring (bicyclic) bond motifs is 1. The average molecular weight is 397 g/mol. The third kappa shape index (κ3) is 5.49. The summed E-state index contributed by atoms with van der Waals surface area (Å²) >= 11 is 5.01. The minimum Gasteiger partial charge on any atom is -0.508 e. The van der Waals surface area contributed by atoms with Crippen LogP contribution in [-0.2, 0) is 0 Å². The van der Waals surface area contributed by atoms with E-state index in [0.717, 1.165) is 10.2 Å². The predicted octanol–water partition coefficient (Wildman–Crippen LogP) is 6.56. The first-order valence-corrected chi connectivity index (χ1v) is 10.3. The SMILES string of the molecule is Oc1ccccc1.c1ccc2snnc2c1.c1csc(-c2cccs2)c1. The van der Waals surface area contributed by atoms with Gasteiger partial charge in [0, 0.05) is 9.75 Å². The standard InChI is InChI=1S/C8H6S2.C6H4N2S.C6H6O/c1-3-7(9-5-1)8-4-2-6-10-8;1-2-4-6-5(3-1)7-8-9-6;7-6-4-2-1-3-5-6/h1-6H;1-4H;1-5,7H. The van der Waals surface area contributed by atoms with Crippen LogP contribution in [0.4, 0.5) is 0 Å². The van der Waals surface area contributed by atoms with Gasteiger partial charge in [-0.25, -0.2) is 0 Å². The second-order valence-electron chi connectivity index (χ2n) is 5.03. The van der Waals surface area contributed by atoms with Crippen LogP contribution in [0.2, 0.25) is 0 Å². The van der Waals surface area contributed by atoms with E-state index >= 15 is 0 Å². The number of rotatable bonds is 1. The molecule has 0 saturated heterocycles. The van der Waals surface area contributed by atoms with Crippen molar-refractivity contribution in [3.8, 4) is 15.5 Å². The molecule has 3 aromatic heterocycles. The lowest BCUT2D eigenvalue weighted by Crippen LogP contribution is -1.63. The van der Waals surface area contributed by atoms with E-state index in [-0.39, 0.29) is 0 Å². The molecule has 0 aliphatic carbocycles. The minimum atomic E-state index is 0.322. The largest absolute Gasteiger partial charge is 0.508 e. The van der Waals surface area contributed by atoms with Crippen LogP contribution < -0.4 is 0 Å². The highest BCUT2D eigenvalue weighted by Crippen LogP contribution is 2.28. The van der Waals surface area contributed by atoms with Gasteiger partial charge in [0.25, 0.3) is 0 Å². The van der Waals surface area contributed by atoms with Gasteiger partial charge in [0.05, 0.1) is 4.70 Å². The number of hydrogen-bond donors (Lipinski definition) is 1. The van der Waals surface area contributed by atoms with Crippen LogP contribution in [0, 0.1) is 0 Å². The van der Waals surface area contributed by atoms with Gasteiger partial charge in [-0.2, -0.15) is 0 Å². The monoisotopic (exact) mass is 396 g/mol. The number of benzene rings is 2. The third-order valence-electron chi connectivity index (χ3n) is 3.19. The highest BCUT2D eigenvalue weighted by molar-refractivity contribution is 7.20. The summed E-state index contributed by atoms with van der Waals surface area (Å²) in [6.07, 6.45) is 0. The van der Waals surface area contributed by atoms with Gasteiger partial charge in [0.15, 0.2) is 0 Å². The van der Waals surface area contributed by atoms with Crippen molar-refractivity contribution in [2.24, 2.45) is 0 Å². The van der Waals surface area contributed by atoms with Gasteiger partial charge in [-0.15, -0.1) is 27.8 Å². The van der Waals surface area contributed by atoms with Crippen molar-refractivity contribution < 1.29 is 5.11 Å². The van der Waals surface area contributed by atoms with Gasteiger partial charge in [-0.05, 0) is 58.7 Å². The summed E-state index contributed by atoms with van der Waals surface area (Å²) < 4.78 is 4.94. The molecule has 3 nitrogen and oxygen atoms in total. The Balaban J connectivity index is 0.000000115. The predicted molar refractivity (Wildman–Crippen MR) is 113 cm³/mol. The lowest BCUT2D eigenvalue weighted by atomic mass is 10.3. The second kappa shape index (κ2) is 9.82. The van der Waals surface area contributed by atoms with Crippen molar-refractivity contribution in [3.05, 3.63) is 89.6 Å². The Hall–Kier alpha value is -2.54. The van der Waals surface area contributed by atoms with E-state index in [0.29, 0.717) is 5.75 Å². The molecule has 0 bridgehead atoms. The fourth-order valence-electron chi connectivity index (χ4n) is 1.99. The molecule has 0 radical (unpaired) electrons. The number of nitrogens with zero attached hydrogens (tertiary/aromatic N) is 2. The molecule has 0 aliphatic rings. The number of aromatic hydroxyl groups is 1. The van der Waals surface area contributed by atoms with Crippen molar-refractivity contribution >= 4 is 44.4 Å². The fraction of sp³-hybridized carbons (Fsp3) is 0. The second-order valence-corrected chi connectivity index (χ2v) is 7.71. The summed E-state index contributed by atoms with van der Waals surface area (Å²) in [5.41, 5.74) is 0.988. The number of aromatic nitrogens is 2. The third-order valence-corrected chi connectivity index (χ3v) is 5.84. The van der Waals surface area contributed by atoms with Gasteiger partial charge >= 0.3 is 0 Å². The number of hydrogen-bond acceptors (Lipinski definition) is 6. The summed E-state index contributed by atoms with van der Waals surface area (Å²) in [6.45, 7) is 0. The zero-order valence-corrected chi connectivity index (χ0v) is 16.2. The Kier molecular flexibility index (Phi) is 6.89. The van der Waals surface area contributed by atoms with E-state index in [4.69, 9.17) is 5.11 Å². The molecule has 26 heavy (non-hydrogen) atoms. The van der Waals surface area contributed by atoms with Crippen LogP contribution in [0.1, 0.15) is 0 Å². The first kappa shape index (κ1) is 18.3. The van der Waals surface area contributed by atoms with Gasteiger partial charge in [0.1, 0.15) is 11.3 Å². The zero-order valence-electron chi connectivity index (χ0n) is 13.7. The lowest BCUT2D eigenvalue weighted by Gasteiger charge is -1.84. The molecule has 6 heteroatoms. The molecule has 5 rings (SSSR count). The van der Waals surface area contributed by atoms with Crippen LogP contribution in [0.25, 0.3) is 20.0 Å². The van der Waals surface area contributed by atoms with E-state index in [1.54, 1.807) is 46.9 Å². The van der Waals surface area contributed by atoms with Gasteiger partial charge < -0.3 is 5.11 Å². The molecule has 5 aromatic rings. The summed E-state index contributed by atoms with van der Waals surface area (Å²) in [5.74, 6) is 0.322. The summed E-state index contributed by atoms with van der Waals surface area (Å²) in [4.78, 5) is 2.74. The average Bonchev–Trinajstić information content (AvgIpc) is 3.45. The Labute approximate surface area is 164 Å². The summed E-state index contributed by atoms with van der Waals surface area (Å²) in [7, 11) is 0. The maximum Gasteiger partial charge on any atom is 0.115 e. The molecule has 0 aliphatic heterocycles. The molecule has 1 N–H and O–H groups in total. The molecular weight excluding hydrogens is 380 g/mol. The Morgan fingerprint density at radius 1 is 0.654 bits per heavy atom. The molecule has 0 saturated carbocycles. The molecule has 0 amide bonds. The molecular formula is C20H16N2OS3.